The second-order valence-corrected chi connectivity index (χ2v) is 4.93. The Morgan fingerprint density at radius 2 is 1.58 bits per heavy atom. The van der Waals surface area contributed by atoms with E-state index in [1.165, 1.54) is 25.3 Å². The number of amides is 1. The number of hydrogen-bond acceptors (Lipinski definition) is 5. The number of nitrogens with one attached hydrogen (secondary N) is 1. The third-order valence-electron chi connectivity index (χ3n) is 2.87. The van der Waals surface area contributed by atoms with Crippen LogP contribution in [0.5, 0.6) is 11.5 Å². The molecule has 2 aromatic rings. The number of nitrogens with zero attached hydrogens (tertiary/aromatic N) is 1. The van der Waals surface area contributed by atoms with Gasteiger partial charge in [-0.3, -0.25) is 9.59 Å². The second-order valence-electron chi connectivity index (χ2n) is 4.93. The molecule has 0 atom stereocenters. The van der Waals surface area contributed by atoms with Crippen molar-refractivity contribution in [1.82, 2.24) is 5.43 Å². The van der Waals surface area contributed by atoms with Gasteiger partial charge < -0.3 is 9.47 Å². The van der Waals surface area contributed by atoms with Crippen LogP contribution in [0, 0.1) is 0 Å². The number of halogens is 3. The first kappa shape index (κ1) is 19.0. The fourth-order valence-electron chi connectivity index (χ4n) is 1.83. The van der Waals surface area contributed by atoms with Crippen LogP contribution < -0.4 is 14.9 Å². The molecule has 0 saturated heterocycles. The lowest BCUT2D eigenvalue weighted by molar-refractivity contribution is -0.274. The van der Waals surface area contributed by atoms with Crippen molar-refractivity contribution in [3.05, 3.63) is 59.7 Å². The Bertz CT molecular complexity index is 800. The second kappa shape index (κ2) is 8.15. The van der Waals surface area contributed by atoms with Gasteiger partial charge in [-0.1, -0.05) is 0 Å². The van der Waals surface area contributed by atoms with Gasteiger partial charge >= 0.3 is 12.3 Å². The Hall–Kier alpha value is -3.36. The molecule has 2 rings (SSSR count). The SMILES string of the molecule is CC(=O)Oc1ccc(C=NNC(=O)c2ccc(OC(F)(F)F)cc2)cc1. The van der Waals surface area contributed by atoms with Gasteiger partial charge in [0.25, 0.3) is 5.91 Å². The van der Waals surface area contributed by atoms with Gasteiger partial charge in [0.05, 0.1) is 6.21 Å². The molecule has 0 spiro atoms. The molecular formula is C17H13F3N2O4. The molecule has 0 bridgehead atoms. The van der Waals surface area contributed by atoms with Crippen LogP contribution in [-0.4, -0.2) is 24.5 Å². The standard InChI is InChI=1S/C17H13F3N2O4/c1-11(23)25-14-6-2-12(3-7-14)10-21-22-16(24)13-4-8-15(9-5-13)26-17(18,19)20/h2-10H,1H3,(H,22,24). The quantitative estimate of drug-likeness (QED) is 0.381. The van der Waals surface area contributed by atoms with Crippen LogP contribution >= 0.6 is 0 Å². The number of alkyl halides is 3. The van der Waals surface area contributed by atoms with E-state index in [2.05, 4.69) is 15.3 Å². The molecule has 0 aromatic heterocycles. The van der Waals surface area contributed by atoms with E-state index in [-0.39, 0.29) is 5.56 Å². The summed E-state index contributed by atoms with van der Waals surface area (Å²) in [6, 6.07) is 10.8. The van der Waals surface area contributed by atoms with Crippen LogP contribution in [-0.2, 0) is 4.79 Å². The zero-order valence-corrected chi connectivity index (χ0v) is 13.4. The van der Waals surface area contributed by atoms with E-state index < -0.39 is 24.0 Å². The fourth-order valence-corrected chi connectivity index (χ4v) is 1.83. The maximum absolute atomic E-state index is 12.1. The van der Waals surface area contributed by atoms with Gasteiger partial charge in [0.2, 0.25) is 0 Å². The molecular weight excluding hydrogens is 353 g/mol. The molecule has 0 radical (unpaired) electrons. The molecule has 136 valence electrons. The maximum Gasteiger partial charge on any atom is 0.573 e. The van der Waals surface area contributed by atoms with Crippen molar-refractivity contribution in [3.63, 3.8) is 0 Å². The summed E-state index contributed by atoms with van der Waals surface area (Å²) in [7, 11) is 0. The molecule has 1 amide bonds. The first-order chi connectivity index (χ1) is 12.2. The third kappa shape index (κ3) is 6.27. The van der Waals surface area contributed by atoms with Crippen molar-refractivity contribution in [2.45, 2.75) is 13.3 Å². The predicted octanol–water partition coefficient (Wildman–Crippen LogP) is 3.27. The normalized spacial score (nSPS) is 11.2. The third-order valence-corrected chi connectivity index (χ3v) is 2.87. The summed E-state index contributed by atoms with van der Waals surface area (Å²) < 4.78 is 44.8. The van der Waals surface area contributed by atoms with E-state index in [1.54, 1.807) is 24.3 Å². The summed E-state index contributed by atoms with van der Waals surface area (Å²) in [6.07, 6.45) is -3.43. The maximum atomic E-state index is 12.1. The van der Waals surface area contributed by atoms with Crippen molar-refractivity contribution in [1.29, 1.82) is 0 Å². The first-order valence-electron chi connectivity index (χ1n) is 7.20. The average Bonchev–Trinajstić information content (AvgIpc) is 2.55. The zero-order valence-electron chi connectivity index (χ0n) is 13.4. The molecule has 0 heterocycles. The van der Waals surface area contributed by atoms with Crippen LogP contribution in [0.2, 0.25) is 0 Å². The molecule has 0 aliphatic rings. The highest BCUT2D eigenvalue weighted by Gasteiger charge is 2.31. The van der Waals surface area contributed by atoms with Crippen molar-refractivity contribution in [3.8, 4) is 11.5 Å². The van der Waals surface area contributed by atoms with Crippen molar-refractivity contribution >= 4 is 18.1 Å². The first-order valence-corrected chi connectivity index (χ1v) is 7.20. The smallest absolute Gasteiger partial charge is 0.427 e. The van der Waals surface area contributed by atoms with E-state index >= 15 is 0 Å². The van der Waals surface area contributed by atoms with E-state index in [9.17, 15) is 22.8 Å². The fraction of sp³-hybridized carbons (Fsp3) is 0.118. The lowest BCUT2D eigenvalue weighted by Gasteiger charge is -2.08. The summed E-state index contributed by atoms with van der Waals surface area (Å²) in [5.74, 6) is -1.09. The average molecular weight is 366 g/mol. The highest BCUT2D eigenvalue weighted by Crippen LogP contribution is 2.22. The minimum absolute atomic E-state index is 0.113. The number of esters is 1. The van der Waals surface area contributed by atoms with Gasteiger partial charge in [-0.15, -0.1) is 13.2 Å². The molecule has 2 aromatic carbocycles. The summed E-state index contributed by atoms with van der Waals surface area (Å²) in [4.78, 5) is 22.7. The monoisotopic (exact) mass is 366 g/mol. The largest absolute Gasteiger partial charge is 0.573 e. The zero-order chi connectivity index (χ0) is 19.2. The van der Waals surface area contributed by atoms with Crippen LogP contribution in [0.15, 0.2) is 53.6 Å². The highest BCUT2D eigenvalue weighted by atomic mass is 19.4. The Morgan fingerprint density at radius 3 is 2.12 bits per heavy atom. The van der Waals surface area contributed by atoms with Gasteiger partial charge in [-0.25, -0.2) is 5.43 Å². The highest BCUT2D eigenvalue weighted by molar-refractivity contribution is 5.95. The van der Waals surface area contributed by atoms with Crippen LogP contribution in [0.4, 0.5) is 13.2 Å². The minimum Gasteiger partial charge on any atom is -0.427 e. The molecule has 0 aliphatic heterocycles. The number of benzene rings is 2. The summed E-state index contributed by atoms with van der Waals surface area (Å²) in [5, 5.41) is 3.75. The van der Waals surface area contributed by atoms with E-state index in [1.807, 2.05) is 0 Å². The van der Waals surface area contributed by atoms with Gasteiger partial charge in [-0.2, -0.15) is 5.10 Å². The summed E-state index contributed by atoms with van der Waals surface area (Å²) >= 11 is 0. The van der Waals surface area contributed by atoms with Crippen molar-refractivity contribution < 1.29 is 32.2 Å². The summed E-state index contributed by atoms with van der Waals surface area (Å²) in [6.45, 7) is 1.28. The van der Waals surface area contributed by atoms with Gasteiger partial charge in [0, 0.05) is 12.5 Å². The molecule has 26 heavy (non-hydrogen) atoms. The van der Waals surface area contributed by atoms with Crippen molar-refractivity contribution in [2.75, 3.05) is 0 Å². The molecule has 0 unspecified atom stereocenters. The predicted molar refractivity (Wildman–Crippen MR) is 85.9 cm³/mol. The Balaban J connectivity index is 1.91. The number of carbonyl (C=O) groups is 2. The number of hydrogen-bond donors (Lipinski definition) is 1. The molecule has 9 heteroatoms. The van der Waals surface area contributed by atoms with Gasteiger partial charge in [0.15, 0.2) is 0 Å². The topological polar surface area (TPSA) is 77.0 Å². The van der Waals surface area contributed by atoms with E-state index in [0.29, 0.717) is 11.3 Å². The number of ether oxygens (including phenoxy) is 2. The Morgan fingerprint density at radius 1 is 1.00 bits per heavy atom. The van der Waals surface area contributed by atoms with E-state index in [4.69, 9.17) is 4.74 Å². The van der Waals surface area contributed by atoms with Gasteiger partial charge in [-0.05, 0) is 54.1 Å². The number of rotatable bonds is 5. The van der Waals surface area contributed by atoms with Gasteiger partial charge in [0.1, 0.15) is 11.5 Å². The molecule has 0 fully saturated rings. The van der Waals surface area contributed by atoms with Crippen LogP contribution in [0.1, 0.15) is 22.8 Å². The minimum atomic E-state index is -4.79. The molecule has 0 aliphatic carbocycles. The van der Waals surface area contributed by atoms with Crippen LogP contribution in [0.25, 0.3) is 0 Å². The van der Waals surface area contributed by atoms with E-state index in [0.717, 1.165) is 12.1 Å². The number of carbonyl (C=O) groups excluding carboxylic acids is 2. The molecule has 1 N–H and O–H groups in total. The van der Waals surface area contributed by atoms with Crippen molar-refractivity contribution in [2.24, 2.45) is 5.10 Å². The number of hydrazone groups is 1. The Labute approximate surface area is 146 Å². The molecule has 0 saturated carbocycles. The van der Waals surface area contributed by atoms with Crippen LogP contribution in [0.3, 0.4) is 0 Å². The lowest BCUT2D eigenvalue weighted by Crippen LogP contribution is -2.19. The molecule has 6 nitrogen and oxygen atoms in total. The Kier molecular flexibility index (Phi) is 5.94. The summed E-state index contributed by atoms with van der Waals surface area (Å²) in [5.41, 5.74) is 2.99. The lowest BCUT2D eigenvalue weighted by atomic mass is 10.2.